The molecule has 0 aromatic heterocycles. The van der Waals surface area contributed by atoms with E-state index in [1.165, 1.54) is 4.90 Å². The molecule has 1 heterocycles. The molecule has 1 aromatic rings. The van der Waals surface area contributed by atoms with Crippen LogP contribution in [0.5, 0.6) is 0 Å². The average molecular weight is 288 g/mol. The molecule has 1 aliphatic heterocycles. The average Bonchev–Trinajstić information content (AvgIpc) is 2.37. The number of nitrogens with zero attached hydrogens (tertiary/aromatic N) is 2. The molecule has 0 amide bonds. The van der Waals surface area contributed by atoms with Crippen LogP contribution in [-0.4, -0.2) is 23.8 Å². The van der Waals surface area contributed by atoms with Crippen LogP contribution >= 0.6 is 0 Å². The van der Waals surface area contributed by atoms with E-state index in [2.05, 4.69) is 0 Å². The highest BCUT2D eigenvalue weighted by molar-refractivity contribution is 5.85. The molecule has 1 aromatic carbocycles. The van der Waals surface area contributed by atoms with Crippen LogP contribution in [0.1, 0.15) is 18.4 Å². The van der Waals surface area contributed by atoms with E-state index in [0.717, 1.165) is 12.1 Å². The molecule has 0 saturated carbocycles. The van der Waals surface area contributed by atoms with Crippen molar-refractivity contribution in [2.24, 2.45) is 0 Å². The van der Waals surface area contributed by atoms with Crippen molar-refractivity contribution in [3.8, 4) is 0 Å². The number of hydrogen-bond donors (Lipinski definition) is 0. The number of alkyl halides is 3. The summed E-state index contributed by atoms with van der Waals surface area (Å²) in [5.74, 6) is -0.0783. The van der Waals surface area contributed by atoms with Crippen LogP contribution in [0.3, 0.4) is 0 Å². The number of anilines is 1. The minimum atomic E-state index is -4.64. The van der Waals surface area contributed by atoms with Crippen LogP contribution in [0.4, 0.5) is 24.5 Å². The summed E-state index contributed by atoms with van der Waals surface area (Å²) in [5.41, 5.74) is -1.65. The second kappa shape index (κ2) is 5.10. The molecule has 0 radical (unpaired) electrons. The third-order valence-electron chi connectivity index (χ3n) is 3.09. The SMILES string of the molecule is O=C1CCCN(c2ccc(C(F)(F)F)cc2[N+](=O)[O-])C1. The van der Waals surface area contributed by atoms with E-state index in [0.29, 0.717) is 25.5 Å². The first-order valence-electron chi connectivity index (χ1n) is 5.91. The Bertz CT molecular complexity index is 557. The number of ketones is 1. The molecule has 8 heteroatoms. The fraction of sp³-hybridized carbons (Fsp3) is 0.417. The first-order chi connectivity index (χ1) is 9.29. The third kappa shape index (κ3) is 2.89. The van der Waals surface area contributed by atoms with Gasteiger partial charge in [0.25, 0.3) is 5.69 Å². The van der Waals surface area contributed by atoms with E-state index in [4.69, 9.17) is 0 Å². The van der Waals surface area contributed by atoms with Crippen LogP contribution in [0.25, 0.3) is 0 Å². The van der Waals surface area contributed by atoms with Crippen LogP contribution in [0.2, 0.25) is 0 Å². The number of carbonyl (C=O) groups excluding carboxylic acids is 1. The molecular weight excluding hydrogens is 277 g/mol. The summed E-state index contributed by atoms with van der Waals surface area (Å²) in [6.45, 7) is 0.407. The topological polar surface area (TPSA) is 63.5 Å². The summed E-state index contributed by atoms with van der Waals surface area (Å²) in [4.78, 5) is 22.9. The molecule has 5 nitrogen and oxygen atoms in total. The van der Waals surface area contributed by atoms with Crippen molar-refractivity contribution < 1.29 is 22.9 Å². The predicted octanol–water partition coefficient (Wildman–Crippen LogP) is 2.78. The maximum Gasteiger partial charge on any atom is 0.416 e. The molecule has 2 rings (SSSR count). The minimum absolute atomic E-state index is 0.00773. The quantitative estimate of drug-likeness (QED) is 0.620. The number of carbonyl (C=O) groups is 1. The lowest BCUT2D eigenvalue weighted by Crippen LogP contribution is -2.35. The molecule has 0 atom stereocenters. The van der Waals surface area contributed by atoms with Gasteiger partial charge in [0.05, 0.1) is 17.0 Å². The Kier molecular flexibility index (Phi) is 3.65. The van der Waals surface area contributed by atoms with Gasteiger partial charge in [0.2, 0.25) is 0 Å². The molecule has 108 valence electrons. The molecule has 20 heavy (non-hydrogen) atoms. The number of halogens is 3. The van der Waals surface area contributed by atoms with E-state index in [-0.39, 0.29) is 18.0 Å². The minimum Gasteiger partial charge on any atom is -0.359 e. The van der Waals surface area contributed by atoms with Gasteiger partial charge >= 0.3 is 6.18 Å². The van der Waals surface area contributed by atoms with Gasteiger partial charge in [-0.1, -0.05) is 0 Å². The maximum atomic E-state index is 12.6. The maximum absolute atomic E-state index is 12.6. The number of nitro groups is 1. The number of benzene rings is 1. The fourth-order valence-electron chi connectivity index (χ4n) is 2.16. The van der Waals surface area contributed by atoms with Gasteiger partial charge in [-0.15, -0.1) is 0 Å². The van der Waals surface area contributed by atoms with Gasteiger partial charge in [-0.3, -0.25) is 14.9 Å². The Labute approximate surface area is 112 Å². The molecule has 1 saturated heterocycles. The lowest BCUT2D eigenvalue weighted by atomic mass is 10.1. The normalized spacial score (nSPS) is 16.4. The van der Waals surface area contributed by atoms with Crippen molar-refractivity contribution in [1.29, 1.82) is 0 Å². The predicted molar refractivity (Wildman–Crippen MR) is 64.6 cm³/mol. The number of hydrogen-bond acceptors (Lipinski definition) is 4. The lowest BCUT2D eigenvalue weighted by Gasteiger charge is -2.27. The molecule has 1 aliphatic rings. The molecule has 0 unspecified atom stereocenters. The van der Waals surface area contributed by atoms with Crippen molar-refractivity contribution >= 4 is 17.2 Å². The summed E-state index contributed by atoms with van der Waals surface area (Å²) in [6, 6.07) is 2.36. The van der Waals surface area contributed by atoms with Gasteiger partial charge in [0.15, 0.2) is 5.78 Å². The van der Waals surface area contributed by atoms with Crippen molar-refractivity contribution in [3.63, 3.8) is 0 Å². The van der Waals surface area contributed by atoms with Gasteiger partial charge in [-0.25, -0.2) is 0 Å². The summed E-state index contributed by atoms with van der Waals surface area (Å²) < 4.78 is 37.7. The fourth-order valence-corrected chi connectivity index (χ4v) is 2.16. The Balaban J connectivity index is 2.42. The Morgan fingerprint density at radius 1 is 1.30 bits per heavy atom. The molecular formula is C12H11F3N2O3. The number of rotatable bonds is 2. The van der Waals surface area contributed by atoms with Crippen molar-refractivity contribution in [1.82, 2.24) is 0 Å². The van der Waals surface area contributed by atoms with Gasteiger partial charge in [0, 0.05) is 19.0 Å². The number of nitro benzene ring substituents is 1. The van der Waals surface area contributed by atoms with Crippen molar-refractivity contribution in [2.45, 2.75) is 19.0 Å². The molecule has 0 spiro atoms. The largest absolute Gasteiger partial charge is 0.416 e. The van der Waals surface area contributed by atoms with Gasteiger partial charge in [-0.2, -0.15) is 13.2 Å². The van der Waals surface area contributed by atoms with Gasteiger partial charge in [0.1, 0.15) is 5.69 Å². The van der Waals surface area contributed by atoms with Gasteiger partial charge in [-0.05, 0) is 18.6 Å². The zero-order valence-electron chi connectivity index (χ0n) is 10.3. The van der Waals surface area contributed by atoms with E-state index < -0.39 is 22.4 Å². The highest BCUT2D eigenvalue weighted by atomic mass is 19.4. The van der Waals surface area contributed by atoms with Gasteiger partial charge < -0.3 is 4.90 Å². The van der Waals surface area contributed by atoms with Crippen LogP contribution in [0, 0.1) is 10.1 Å². The van der Waals surface area contributed by atoms with E-state index in [9.17, 15) is 28.1 Å². The molecule has 0 bridgehead atoms. The lowest BCUT2D eigenvalue weighted by molar-refractivity contribution is -0.384. The van der Waals surface area contributed by atoms with E-state index in [1.807, 2.05) is 0 Å². The first kappa shape index (κ1) is 14.3. The highest BCUT2D eigenvalue weighted by Crippen LogP contribution is 2.36. The second-order valence-corrected chi connectivity index (χ2v) is 4.52. The molecule has 0 N–H and O–H groups in total. The Hall–Kier alpha value is -2.12. The zero-order chi connectivity index (χ0) is 14.9. The zero-order valence-corrected chi connectivity index (χ0v) is 10.3. The first-order valence-corrected chi connectivity index (χ1v) is 5.91. The van der Waals surface area contributed by atoms with E-state index >= 15 is 0 Å². The van der Waals surface area contributed by atoms with Crippen molar-refractivity contribution in [3.05, 3.63) is 33.9 Å². The Morgan fingerprint density at radius 2 is 2.00 bits per heavy atom. The molecule has 1 fully saturated rings. The van der Waals surface area contributed by atoms with E-state index in [1.54, 1.807) is 0 Å². The monoisotopic (exact) mass is 288 g/mol. The van der Waals surface area contributed by atoms with Crippen molar-refractivity contribution in [2.75, 3.05) is 18.0 Å². The third-order valence-corrected chi connectivity index (χ3v) is 3.09. The highest BCUT2D eigenvalue weighted by Gasteiger charge is 2.34. The summed E-state index contributed by atoms with van der Waals surface area (Å²) in [5, 5.41) is 11.0. The van der Waals surface area contributed by atoms with Crippen LogP contribution in [-0.2, 0) is 11.0 Å². The number of Topliss-reactive ketones (excluding diaryl/α,β-unsaturated/α-hetero) is 1. The van der Waals surface area contributed by atoms with Crippen LogP contribution in [0.15, 0.2) is 18.2 Å². The van der Waals surface area contributed by atoms with Crippen LogP contribution < -0.4 is 4.90 Å². The number of piperidine rings is 1. The summed E-state index contributed by atoms with van der Waals surface area (Å²) in [6.07, 6.45) is -3.71. The smallest absolute Gasteiger partial charge is 0.359 e. The molecule has 0 aliphatic carbocycles. The summed E-state index contributed by atoms with van der Waals surface area (Å²) >= 11 is 0. The Morgan fingerprint density at radius 3 is 2.55 bits per heavy atom. The standard InChI is InChI=1S/C12H11F3N2O3/c13-12(14,15)8-3-4-10(11(6-8)17(19)20)16-5-1-2-9(18)7-16/h3-4,6H,1-2,5,7H2. The second-order valence-electron chi connectivity index (χ2n) is 4.52. The summed E-state index contributed by atoms with van der Waals surface area (Å²) in [7, 11) is 0.